The molecule has 0 aliphatic heterocycles. The van der Waals surface area contributed by atoms with Crippen LogP contribution < -0.4 is 15.0 Å². The van der Waals surface area contributed by atoms with Crippen LogP contribution in [0, 0.1) is 0 Å². The van der Waals surface area contributed by atoms with Crippen LogP contribution in [0.5, 0.6) is 5.75 Å². The van der Waals surface area contributed by atoms with Crippen LogP contribution in [-0.4, -0.2) is 25.5 Å². The fourth-order valence-corrected chi connectivity index (χ4v) is 2.41. The highest BCUT2D eigenvalue weighted by Crippen LogP contribution is 2.29. The third kappa shape index (κ3) is 5.73. The van der Waals surface area contributed by atoms with Gasteiger partial charge in [-0.05, 0) is 48.5 Å². The first-order valence-electron chi connectivity index (χ1n) is 8.10. The molecule has 2 aromatic rings. The summed E-state index contributed by atoms with van der Waals surface area (Å²) >= 11 is 0. The molecule has 0 saturated carbocycles. The number of hydrogen-bond acceptors (Lipinski definition) is 3. The van der Waals surface area contributed by atoms with Crippen molar-refractivity contribution in [2.45, 2.75) is 19.5 Å². The van der Waals surface area contributed by atoms with Crippen LogP contribution in [0.2, 0.25) is 0 Å². The number of hydrogen-bond donors (Lipinski definition) is 1. The number of halogens is 3. The number of carbonyl (C=O) groups is 2. The van der Waals surface area contributed by atoms with Gasteiger partial charge in [-0.3, -0.25) is 9.59 Å². The lowest BCUT2D eigenvalue weighted by Crippen LogP contribution is -2.31. The average molecular weight is 380 g/mol. The smallest absolute Gasteiger partial charge is 0.416 e. The number of nitrogens with zero attached hydrogens (tertiary/aromatic N) is 1. The number of nitrogens with one attached hydrogen (secondary N) is 1. The molecule has 0 aliphatic rings. The molecule has 0 saturated heterocycles. The Bertz CT molecular complexity index is 787. The van der Waals surface area contributed by atoms with Gasteiger partial charge in [0.25, 0.3) is 0 Å². The molecule has 1 N–H and O–H groups in total. The molecule has 0 bridgehead atoms. The van der Waals surface area contributed by atoms with E-state index in [0.717, 1.165) is 12.1 Å². The summed E-state index contributed by atoms with van der Waals surface area (Å²) in [6.07, 6.45) is -4.43. The lowest BCUT2D eigenvalue weighted by atomic mass is 10.2. The molecule has 0 fully saturated rings. The SMILES string of the molecule is COc1ccc(N(CCC(=O)Nc2ccc(C(F)(F)F)cc2)C(C)=O)cc1. The fraction of sp³-hybridized carbons (Fsp3) is 0.263. The van der Waals surface area contributed by atoms with Gasteiger partial charge < -0.3 is 15.0 Å². The van der Waals surface area contributed by atoms with E-state index >= 15 is 0 Å². The van der Waals surface area contributed by atoms with Crippen molar-refractivity contribution in [1.29, 1.82) is 0 Å². The highest BCUT2D eigenvalue weighted by molar-refractivity contribution is 5.94. The van der Waals surface area contributed by atoms with Crippen LogP contribution in [0.1, 0.15) is 18.9 Å². The lowest BCUT2D eigenvalue weighted by molar-refractivity contribution is -0.137. The van der Waals surface area contributed by atoms with Gasteiger partial charge in [-0.25, -0.2) is 0 Å². The van der Waals surface area contributed by atoms with Crippen molar-refractivity contribution in [3.63, 3.8) is 0 Å². The van der Waals surface area contributed by atoms with E-state index in [4.69, 9.17) is 4.74 Å². The normalized spacial score (nSPS) is 11.0. The molecule has 0 radical (unpaired) electrons. The minimum Gasteiger partial charge on any atom is -0.497 e. The van der Waals surface area contributed by atoms with Crippen LogP contribution in [-0.2, 0) is 15.8 Å². The molecular formula is C19H19F3N2O3. The highest BCUT2D eigenvalue weighted by atomic mass is 19.4. The maximum absolute atomic E-state index is 12.5. The number of alkyl halides is 3. The van der Waals surface area contributed by atoms with E-state index < -0.39 is 17.6 Å². The largest absolute Gasteiger partial charge is 0.497 e. The van der Waals surface area contributed by atoms with Gasteiger partial charge in [-0.2, -0.15) is 13.2 Å². The first-order valence-corrected chi connectivity index (χ1v) is 8.10. The monoisotopic (exact) mass is 380 g/mol. The standard InChI is InChI=1S/C19H19F3N2O3/c1-13(25)24(16-7-9-17(27-2)10-8-16)12-11-18(26)23-15-5-3-14(4-6-15)19(20,21)22/h3-10H,11-12H2,1-2H3,(H,23,26). The summed E-state index contributed by atoms with van der Waals surface area (Å²) in [6, 6.07) is 11.0. The van der Waals surface area contributed by atoms with E-state index in [0.29, 0.717) is 11.4 Å². The van der Waals surface area contributed by atoms with Crippen molar-refractivity contribution in [1.82, 2.24) is 0 Å². The van der Waals surface area contributed by atoms with Crippen molar-refractivity contribution in [2.75, 3.05) is 23.9 Å². The zero-order valence-corrected chi connectivity index (χ0v) is 14.8. The molecule has 0 unspecified atom stereocenters. The molecule has 5 nitrogen and oxygen atoms in total. The van der Waals surface area contributed by atoms with Gasteiger partial charge in [-0.1, -0.05) is 0 Å². The summed E-state index contributed by atoms with van der Waals surface area (Å²) < 4.78 is 42.7. The molecule has 2 amide bonds. The number of anilines is 2. The van der Waals surface area contributed by atoms with Gasteiger partial charge >= 0.3 is 6.18 Å². The Labute approximate surface area is 154 Å². The van der Waals surface area contributed by atoms with Crippen LogP contribution in [0.4, 0.5) is 24.5 Å². The Kier molecular flexibility index (Phi) is 6.44. The molecule has 0 aromatic heterocycles. The zero-order valence-electron chi connectivity index (χ0n) is 14.8. The van der Waals surface area contributed by atoms with Crippen molar-refractivity contribution in [3.05, 3.63) is 54.1 Å². The van der Waals surface area contributed by atoms with E-state index in [9.17, 15) is 22.8 Å². The topological polar surface area (TPSA) is 58.6 Å². The summed E-state index contributed by atoms with van der Waals surface area (Å²) in [5, 5.41) is 2.52. The molecule has 27 heavy (non-hydrogen) atoms. The quantitative estimate of drug-likeness (QED) is 0.821. The predicted octanol–water partition coefficient (Wildman–Crippen LogP) is 4.10. The number of benzene rings is 2. The van der Waals surface area contributed by atoms with Crippen molar-refractivity contribution < 1.29 is 27.5 Å². The number of amides is 2. The highest BCUT2D eigenvalue weighted by Gasteiger charge is 2.30. The number of ether oxygens (including phenoxy) is 1. The molecule has 144 valence electrons. The molecule has 0 heterocycles. The number of rotatable bonds is 6. The van der Waals surface area contributed by atoms with Gasteiger partial charge in [-0.15, -0.1) is 0 Å². The second-order valence-electron chi connectivity index (χ2n) is 5.74. The predicted molar refractivity (Wildman–Crippen MR) is 95.7 cm³/mol. The lowest BCUT2D eigenvalue weighted by Gasteiger charge is -2.21. The summed E-state index contributed by atoms with van der Waals surface area (Å²) in [5.74, 6) is -0.000633. The second-order valence-corrected chi connectivity index (χ2v) is 5.74. The van der Waals surface area contributed by atoms with Gasteiger partial charge in [0.05, 0.1) is 12.7 Å². The van der Waals surface area contributed by atoms with Gasteiger partial charge in [0.15, 0.2) is 0 Å². The molecule has 2 rings (SSSR count). The minimum absolute atomic E-state index is 0.00731. The maximum atomic E-state index is 12.5. The van der Waals surface area contributed by atoms with E-state index in [2.05, 4.69) is 5.32 Å². The summed E-state index contributed by atoms with van der Waals surface area (Å²) in [5.41, 5.74) is 0.0835. The van der Waals surface area contributed by atoms with E-state index in [1.165, 1.54) is 31.1 Å². The third-order valence-electron chi connectivity index (χ3n) is 3.82. The van der Waals surface area contributed by atoms with E-state index in [-0.39, 0.29) is 24.6 Å². The van der Waals surface area contributed by atoms with Gasteiger partial charge in [0.1, 0.15) is 5.75 Å². The third-order valence-corrected chi connectivity index (χ3v) is 3.82. The summed E-state index contributed by atoms with van der Waals surface area (Å²) in [6.45, 7) is 1.52. The van der Waals surface area contributed by atoms with E-state index in [1.54, 1.807) is 24.3 Å². The fourth-order valence-electron chi connectivity index (χ4n) is 2.41. The summed E-state index contributed by atoms with van der Waals surface area (Å²) in [4.78, 5) is 25.4. The van der Waals surface area contributed by atoms with Crippen LogP contribution in [0.3, 0.4) is 0 Å². The van der Waals surface area contributed by atoms with Crippen molar-refractivity contribution in [2.24, 2.45) is 0 Å². The van der Waals surface area contributed by atoms with Crippen molar-refractivity contribution in [3.8, 4) is 5.75 Å². The van der Waals surface area contributed by atoms with Crippen LogP contribution in [0.25, 0.3) is 0 Å². The molecule has 0 spiro atoms. The minimum atomic E-state index is -4.43. The van der Waals surface area contributed by atoms with Crippen molar-refractivity contribution >= 4 is 23.2 Å². The molecule has 0 atom stereocenters. The van der Waals surface area contributed by atoms with Crippen LogP contribution in [0.15, 0.2) is 48.5 Å². The van der Waals surface area contributed by atoms with Gasteiger partial charge in [0.2, 0.25) is 11.8 Å². The van der Waals surface area contributed by atoms with Gasteiger partial charge in [0, 0.05) is 31.3 Å². The number of carbonyl (C=O) groups excluding carboxylic acids is 2. The first kappa shape index (κ1) is 20.3. The Morgan fingerprint density at radius 2 is 1.63 bits per heavy atom. The molecular weight excluding hydrogens is 361 g/mol. The Hall–Kier alpha value is -3.03. The summed E-state index contributed by atoms with van der Waals surface area (Å²) in [7, 11) is 1.53. The molecule has 2 aromatic carbocycles. The molecule has 8 heteroatoms. The maximum Gasteiger partial charge on any atom is 0.416 e. The molecule has 0 aliphatic carbocycles. The van der Waals surface area contributed by atoms with E-state index in [1.807, 2.05) is 0 Å². The zero-order chi connectivity index (χ0) is 20.0. The second kappa shape index (κ2) is 8.57. The van der Waals surface area contributed by atoms with Crippen LogP contribution >= 0.6 is 0 Å². The Balaban J connectivity index is 1.96. The first-order chi connectivity index (χ1) is 12.7. The average Bonchev–Trinajstić information content (AvgIpc) is 2.62. The Morgan fingerprint density at radius 3 is 2.11 bits per heavy atom. The number of methoxy groups -OCH3 is 1. The Morgan fingerprint density at radius 1 is 1.04 bits per heavy atom.